The number of anilines is 1. The molecule has 0 aliphatic heterocycles. The smallest absolute Gasteiger partial charge is 0.445 e. The zero-order valence-electron chi connectivity index (χ0n) is 25.5. The molecule has 0 saturated heterocycles. The number of nitrogens with zero attached hydrogens (tertiary/aromatic N) is 1. The third-order valence-corrected chi connectivity index (χ3v) is 8.35. The highest BCUT2D eigenvalue weighted by molar-refractivity contribution is 8.05. The summed E-state index contributed by atoms with van der Waals surface area (Å²) in [5.41, 5.74) is 2.87. The van der Waals surface area contributed by atoms with Crippen molar-refractivity contribution in [3.05, 3.63) is 167 Å². The first kappa shape index (κ1) is 36.0. The van der Waals surface area contributed by atoms with Gasteiger partial charge in [-0.05, 0) is 46.8 Å². The second-order valence-electron chi connectivity index (χ2n) is 10.8. The summed E-state index contributed by atoms with van der Waals surface area (Å²) in [4.78, 5) is 2.37. The van der Waals surface area contributed by atoms with Gasteiger partial charge in [-0.25, -0.2) is 22.0 Å². The maximum Gasteiger partial charge on any atom is 0.515 e. The van der Waals surface area contributed by atoms with E-state index in [1.165, 1.54) is 11.1 Å². The van der Waals surface area contributed by atoms with Crippen molar-refractivity contribution >= 4 is 28.1 Å². The monoisotopic (exact) mass is 685 g/mol. The van der Waals surface area contributed by atoms with Gasteiger partial charge in [0.2, 0.25) is 0 Å². The number of rotatable bonds is 8. The van der Waals surface area contributed by atoms with Gasteiger partial charge in [0.1, 0.15) is 23.6 Å². The van der Waals surface area contributed by atoms with E-state index < -0.39 is 51.5 Å². The topological polar surface area (TPSA) is 20.3 Å². The van der Waals surface area contributed by atoms with Crippen LogP contribution in [0.25, 0.3) is 0 Å². The van der Waals surface area contributed by atoms with Crippen molar-refractivity contribution in [1.82, 2.24) is 0 Å². The SMILES string of the molecule is C[S+](=O)(C#Cc1ccccc1)Cc1ccc(N(Cc2ccccc2)Cc2ccccc2)cc1.Fc1c(F)c(F)c([B-](F)(F)F)c(F)c1F. The van der Waals surface area contributed by atoms with Crippen molar-refractivity contribution in [2.75, 3.05) is 11.2 Å². The standard InChI is InChI=1S/C30H28NOS.C6BF8/c1-33(32,22-21-26-11-5-2-6-12-26)25-29-17-19-30(20-18-29)31(23-27-13-7-3-8-14-27)24-28-15-9-4-10-16-28;8-2-1(7(13,14)15)3(9)5(11)6(12)4(2)10/h2-20H,23-25H2,1H3;/q+1;-1. The molecule has 2 nitrogen and oxygen atoms in total. The van der Waals surface area contributed by atoms with Crippen LogP contribution in [0.5, 0.6) is 0 Å². The van der Waals surface area contributed by atoms with Crippen LogP contribution in [-0.4, -0.2) is 13.2 Å². The van der Waals surface area contributed by atoms with Gasteiger partial charge in [0.05, 0.1) is 0 Å². The zero-order valence-corrected chi connectivity index (χ0v) is 26.3. The van der Waals surface area contributed by atoms with Crippen LogP contribution in [0, 0.1) is 40.3 Å². The van der Waals surface area contributed by atoms with E-state index in [1.54, 1.807) is 6.26 Å². The Bertz CT molecular complexity index is 1860. The van der Waals surface area contributed by atoms with Crippen molar-refractivity contribution in [2.45, 2.75) is 18.8 Å². The van der Waals surface area contributed by atoms with Gasteiger partial charge in [-0.2, -0.15) is 0 Å². The summed E-state index contributed by atoms with van der Waals surface area (Å²) in [5, 5.41) is 2.99. The molecule has 0 aliphatic rings. The molecule has 0 amide bonds. The first-order chi connectivity index (χ1) is 22.7. The molecule has 1 unspecified atom stereocenters. The highest BCUT2D eigenvalue weighted by Gasteiger charge is 2.37. The second kappa shape index (κ2) is 15.8. The summed E-state index contributed by atoms with van der Waals surface area (Å²) in [6.07, 6.45) is 1.74. The predicted molar refractivity (Wildman–Crippen MR) is 175 cm³/mol. The molecule has 0 N–H and O–H groups in total. The quantitative estimate of drug-likeness (QED) is 0.0406. The van der Waals surface area contributed by atoms with E-state index in [0.29, 0.717) is 5.75 Å². The number of hydrogen-bond donors (Lipinski definition) is 0. The minimum absolute atomic E-state index is 0.449. The molecule has 0 aliphatic carbocycles. The van der Waals surface area contributed by atoms with Crippen LogP contribution in [0.3, 0.4) is 0 Å². The van der Waals surface area contributed by atoms with Gasteiger partial charge in [-0.15, -0.1) is 0 Å². The zero-order chi connectivity index (χ0) is 34.9. The molecular formula is C36H28BF8NOS. The van der Waals surface area contributed by atoms with Gasteiger partial charge in [-0.1, -0.05) is 95.2 Å². The third-order valence-electron chi connectivity index (χ3n) is 6.93. The Morgan fingerprint density at radius 3 is 1.44 bits per heavy atom. The van der Waals surface area contributed by atoms with Crippen LogP contribution in [0.2, 0.25) is 0 Å². The molecule has 0 spiro atoms. The Labute approximate surface area is 274 Å². The van der Waals surface area contributed by atoms with Crippen molar-refractivity contribution in [1.29, 1.82) is 0 Å². The molecule has 5 rings (SSSR count). The summed E-state index contributed by atoms with van der Waals surface area (Å²) in [6, 6.07) is 39.1. The Hall–Kier alpha value is -4.89. The van der Waals surface area contributed by atoms with Gasteiger partial charge in [0.25, 0.3) is 0 Å². The first-order valence-corrected chi connectivity index (χ1v) is 16.6. The Morgan fingerprint density at radius 1 is 0.583 bits per heavy atom. The predicted octanol–water partition coefficient (Wildman–Crippen LogP) is 8.97. The molecule has 0 saturated carbocycles. The molecule has 248 valence electrons. The van der Waals surface area contributed by atoms with E-state index in [4.69, 9.17) is 0 Å². The molecular weight excluding hydrogens is 657 g/mol. The molecule has 48 heavy (non-hydrogen) atoms. The fourth-order valence-corrected chi connectivity index (χ4v) is 5.84. The summed E-state index contributed by atoms with van der Waals surface area (Å²) < 4.78 is 111. The molecule has 0 aromatic heterocycles. The highest BCUT2D eigenvalue weighted by Crippen LogP contribution is 2.23. The molecule has 5 aromatic carbocycles. The molecule has 5 aromatic rings. The lowest BCUT2D eigenvalue weighted by Gasteiger charge is -2.25. The number of benzene rings is 5. The highest BCUT2D eigenvalue weighted by atomic mass is 32.2. The van der Waals surface area contributed by atoms with Gasteiger partial charge in [-0.3, -0.25) is 0 Å². The molecule has 0 fully saturated rings. The van der Waals surface area contributed by atoms with Crippen LogP contribution >= 0.6 is 0 Å². The van der Waals surface area contributed by atoms with Crippen LogP contribution in [0.1, 0.15) is 22.3 Å². The summed E-state index contributed by atoms with van der Waals surface area (Å²) >= 11 is 0. The molecule has 0 bridgehead atoms. The lowest BCUT2D eigenvalue weighted by atomic mass is 9.79. The summed E-state index contributed by atoms with van der Waals surface area (Å²) in [5.74, 6) is -10.1. The molecule has 12 heteroatoms. The lowest BCUT2D eigenvalue weighted by Crippen LogP contribution is -2.41. The lowest BCUT2D eigenvalue weighted by molar-refractivity contribution is 0.377. The second-order valence-corrected chi connectivity index (χ2v) is 13.3. The maximum absolute atomic E-state index is 13.0. The summed E-state index contributed by atoms with van der Waals surface area (Å²) in [7, 11) is -2.29. The van der Waals surface area contributed by atoms with Crippen molar-refractivity contribution in [2.24, 2.45) is 0 Å². The van der Waals surface area contributed by atoms with Gasteiger partial charge < -0.3 is 17.8 Å². The number of hydrogen-bond acceptors (Lipinski definition) is 2. The van der Waals surface area contributed by atoms with Gasteiger partial charge in [0, 0.05) is 29.9 Å². The van der Waals surface area contributed by atoms with Crippen LogP contribution < -0.4 is 10.4 Å². The maximum atomic E-state index is 13.0. The summed E-state index contributed by atoms with van der Waals surface area (Å²) in [6.45, 7) is -4.66. The Morgan fingerprint density at radius 2 is 1.00 bits per heavy atom. The molecule has 1 atom stereocenters. The first-order valence-electron chi connectivity index (χ1n) is 14.4. The normalized spacial score (nSPS) is 12.2. The Kier molecular flexibility index (Phi) is 11.8. The Balaban J connectivity index is 0.000000291. The van der Waals surface area contributed by atoms with Gasteiger partial charge in [0.15, 0.2) is 32.6 Å². The average Bonchev–Trinajstić information content (AvgIpc) is 3.07. The van der Waals surface area contributed by atoms with E-state index in [1.807, 2.05) is 42.5 Å². The average molecular weight is 685 g/mol. The van der Waals surface area contributed by atoms with E-state index in [9.17, 15) is 39.1 Å². The van der Waals surface area contributed by atoms with E-state index in [0.717, 1.165) is 29.9 Å². The minimum Gasteiger partial charge on any atom is -0.445 e. The van der Waals surface area contributed by atoms with Crippen molar-refractivity contribution < 1.29 is 39.1 Å². The fourth-order valence-electron chi connectivity index (χ4n) is 4.60. The van der Waals surface area contributed by atoms with E-state index in [2.05, 4.69) is 88.9 Å². The fraction of sp³-hybridized carbons (Fsp3) is 0.111. The van der Waals surface area contributed by atoms with Crippen molar-refractivity contribution in [3.63, 3.8) is 0 Å². The van der Waals surface area contributed by atoms with E-state index in [-0.39, 0.29) is 0 Å². The largest absolute Gasteiger partial charge is 0.515 e. The third kappa shape index (κ3) is 9.81. The van der Waals surface area contributed by atoms with Crippen LogP contribution in [0.15, 0.2) is 115 Å². The van der Waals surface area contributed by atoms with Crippen molar-refractivity contribution in [3.8, 4) is 11.2 Å². The minimum atomic E-state index is -6.30. The molecule has 0 radical (unpaired) electrons. The van der Waals surface area contributed by atoms with E-state index >= 15 is 0 Å². The van der Waals surface area contributed by atoms with Crippen LogP contribution in [0.4, 0.5) is 40.6 Å². The molecule has 0 heterocycles. The van der Waals surface area contributed by atoms with Crippen LogP contribution in [-0.2, 0) is 33.0 Å². The number of halogens is 8. The van der Waals surface area contributed by atoms with Gasteiger partial charge >= 0.3 is 6.98 Å².